The van der Waals surface area contributed by atoms with Gasteiger partial charge in [0.15, 0.2) is 0 Å². The average Bonchev–Trinajstić information content (AvgIpc) is 2.79. The van der Waals surface area contributed by atoms with Crippen LogP contribution in [0.2, 0.25) is 0 Å². The van der Waals surface area contributed by atoms with Gasteiger partial charge in [-0.25, -0.2) is 4.39 Å². The summed E-state index contributed by atoms with van der Waals surface area (Å²) < 4.78 is 18.4. The maximum atomic E-state index is 12.8. The summed E-state index contributed by atoms with van der Waals surface area (Å²) in [4.78, 5) is 25.2. The number of aliphatic hydroxyl groups excluding tert-OH is 1. The largest absolute Gasteiger partial charge is 0.489 e. The first-order valence-corrected chi connectivity index (χ1v) is 7.08. The molecular formula is C17H14FNO4. The number of carbonyl (C=O) groups is 2. The molecule has 23 heavy (non-hydrogen) atoms. The fourth-order valence-corrected chi connectivity index (χ4v) is 2.41. The van der Waals surface area contributed by atoms with Crippen LogP contribution < -0.4 is 4.74 Å². The molecule has 3 rings (SSSR count). The number of aliphatic hydroxyl groups is 1. The summed E-state index contributed by atoms with van der Waals surface area (Å²) in [7, 11) is 0. The lowest BCUT2D eigenvalue weighted by Gasteiger charge is -2.10. The van der Waals surface area contributed by atoms with Crippen LogP contribution in [0.1, 0.15) is 26.3 Å². The van der Waals surface area contributed by atoms with Crippen LogP contribution in [0.3, 0.4) is 0 Å². The van der Waals surface area contributed by atoms with Crippen LogP contribution in [-0.2, 0) is 6.61 Å². The maximum absolute atomic E-state index is 12.8. The minimum absolute atomic E-state index is 0.0296. The van der Waals surface area contributed by atoms with Crippen molar-refractivity contribution in [3.63, 3.8) is 0 Å². The molecule has 2 aromatic carbocycles. The molecule has 118 valence electrons. The Morgan fingerprint density at radius 3 is 2.39 bits per heavy atom. The second kappa shape index (κ2) is 6.18. The van der Waals surface area contributed by atoms with E-state index in [-0.39, 0.29) is 31.1 Å². The third-order valence-electron chi connectivity index (χ3n) is 3.58. The molecule has 5 nitrogen and oxygen atoms in total. The molecule has 0 aromatic heterocycles. The molecule has 2 amide bonds. The first-order chi connectivity index (χ1) is 11.1. The predicted octanol–water partition coefficient (Wildman–Crippen LogP) is 1.99. The fraction of sp³-hybridized carbons (Fsp3) is 0.176. The summed E-state index contributed by atoms with van der Waals surface area (Å²) >= 11 is 0. The maximum Gasteiger partial charge on any atom is 0.261 e. The van der Waals surface area contributed by atoms with E-state index in [1.807, 2.05) is 0 Å². The highest BCUT2D eigenvalue weighted by molar-refractivity contribution is 6.21. The molecule has 1 aliphatic heterocycles. The van der Waals surface area contributed by atoms with Crippen molar-refractivity contribution in [3.8, 4) is 5.75 Å². The zero-order valence-electron chi connectivity index (χ0n) is 12.2. The summed E-state index contributed by atoms with van der Waals surface area (Å²) in [5.41, 5.74) is 1.36. The number of rotatable bonds is 5. The third-order valence-corrected chi connectivity index (χ3v) is 3.58. The molecule has 0 aliphatic carbocycles. The van der Waals surface area contributed by atoms with Crippen molar-refractivity contribution in [2.75, 3.05) is 13.2 Å². The number of halogens is 1. The van der Waals surface area contributed by atoms with Crippen LogP contribution in [0, 0.1) is 5.82 Å². The van der Waals surface area contributed by atoms with Crippen molar-refractivity contribution in [2.45, 2.75) is 6.61 Å². The molecule has 0 fully saturated rings. The Morgan fingerprint density at radius 2 is 1.70 bits per heavy atom. The smallest absolute Gasteiger partial charge is 0.261 e. The highest BCUT2D eigenvalue weighted by Crippen LogP contribution is 2.27. The zero-order chi connectivity index (χ0) is 16.4. The molecule has 0 atom stereocenters. The minimum atomic E-state index is -0.439. The zero-order valence-corrected chi connectivity index (χ0v) is 12.2. The van der Waals surface area contributed by atoms with Crippen molar-refractivity contribution in [3.05, 3.63) is 65.0 Å². The Bertz CT molecular complexity index is 758. The summed E-state index contributed by atoms with van der Waals surface area (Å²) in [6.07, 6.45) is 0. The quantitative estimate of drug-likeness (QED) is 0.857. The predicted molar refractivity (Wildman–Crippen MR) is 79.6 cm³/mol. The lowest BCUT2D eigenvalue weighted by molar-refractivity contribution is 0.0624. The summed E-state index contributed by atoms with van der Waals surface area (Å²) in [6.45, 7) is -0.0843. The Hall–Kier alpha value is -2.73. The van der Waals surface area contributed by atoms with E-state index in [1.54, 1.807) is 18.2 Å². The Morgan fingerprint density at radius 1 is 1.00 bits per heavy atom. The molecule has 0 unspecified atom stereocenters. The number of amides is 2. The van der Waals surface area contributed by atoms with Gasteiger partial charge in [0.1, 0.15) is 18.2 Å². The number of nitrogens with zero attached hydrogens (tertiary/aromatic N) is 1. The number of imide groups is 1. The number of fused-ring (bicyclic) bond motifs is 1. The molecule has 6 heteroatoms. The topological polar surface area (TPSA) is 66.8 Å². The highest BCUT2D eigenvalue weighted by atomic mass is 19.1. The van der Waals surface area contributed by atoms with Gasteiger partial charge in [0.2, 0.25) is 0 Å². The summed E-state index contributed by atoms with van der Waals surface area (Å²) in [6, 6.07) is 10.6. The first kappa shape index (κ1) is 15.2. The van der Waals surface area contributed by atoms with Gasteiger partial charge < -0.3 is 9.84 Å². The molecule has 1 N–H and O–H groups in total. The van der Waals surface area contributed by atoms with Gasteiger partial charge in [0, 0.05) is 0 Å². The van der Waals surface area contributed by atoms with Gasteiger partial charge in [-0.2, -0.15) is 0 Å². The molecule has 1 heterocycles. The standard InChI is InChI=1S/C17H14FNO4/c18-12-3-1-11(2-4-12)10-23-13-5-6-14-15(9-13)17(22)19(7-8-20)16(14)21/h1-6,9,20H,7-8,10H2. The molecule has 2 aromatic rings. The van der Waals surface area contributed by atoms with Crippen LogP contribution in [0.15, 0.2) is 42.5 Å². The third kappa shape index (κ3) is 2.93. The van der Waals surface area contributed by atoms with E-state index in [0.717, 1.165) is 10.5 Å². The monoisotopic (exact) mass is 315 g/mol. The summed E-state index contributed by atoms with van der Waals surface area (Å²) in [5, 5.41) is 8.93. The van der Waals surface area contributed by atoms with Gasteiger partial charge in [0.05, 0.1) is 24.3 Å². The second-order valence-corrected chi connectivity index (χ2v) is 5.11. The Kier molecular flexibility index (Phi) is 4.08. The lowest BCUT2D eigenvalue weighted by atomic mass is 10.1. The van der Waals surface area contributed by atoms with Crippen molar-refractivity contribution in [1.82, 2.24) is 4.90 Å². The van der Waals surface area contributed by atoms with Crippen LogP contribution in [-0.4, -0.2) is 35.0 Å². The minimum Gasteiger partial charge on any atom is -0.489 e. The first-order valence-electron chi connectivity index (χ1n) is 7.08. The van der Waals surface area contributed by atoms with E-state index < -0.39 is 11.8 Å². The van der Waals surface area contributed by atoms with Gasteiger partial charge in [-0.3, -0.25) is 14.5 Å². The second-order valence-electron chi connectivity index (χ2n) is 5.11. The van der Waals surface area contributed by atoms with Gasteiger partial charge in [-0.1, -0.05) is 12.1 Å². The SMILES string of the molecule is O=C1c2ccc(OCc3ccc(F)cc3)cc2C(=O)N1CCO. The number of hydrogen-bond acceptors (Lipinski definition) is 4. The van der Waals surface area contributed by atoms with Crippen LogP contribution in [0.5, 0.6) is 5.75 Å². The van der Waals surface area contributed by atoms with Crippen molar-refractivity contribution in [1.29, 1.82) is 0 Å². The van der Waals surface area contributed by atoms with Crippen molar-refractivity contribution < 1.29 is 23.8 Å². The number of ether oxygens (including phenoxy) is 1. The summed E-state index contributed by atoms with van der Waals surface area (Å²) in [5.74, 6) is -0.727. The van der Waals surface area contributed by atoms with E-state index in [0.29, 0.717) is 11.3 Å². The molecule has 0 spiro atoms. The van der Waals surface area contributed by atoms with Gasteiger partial charge in [-0.05, 0) is 35.9 Å². The van der Waals surface area contributed by atoms with Gasteiger partial charge in [0.25, 0.3) is 11.8 Å². The highest BCUT2D eigenvalue weighted by Gasteiger charge is 2.35. The van der Waals surface area contributed by atoms with Crippen LogP contribution >= 0.6 is 0 Å². The van der Waals surface area contributed by atoms with Gasteiger partial charge >= 0.3 is 0 Å². The number of hydrogen-bond donors (Lipinski definition) is 1. The van der Waals surface area contributed by atoms with Crippen LogP contribution in [0.25, 0.3) is 0 Å². The average molecular weight is 315 g/mol. The molecule has 0 saturated carbocycles. The molecular weight excluding hydrogens is 301 g/mol. The van der Waals surface area contributed by atoms with Crippen LogP contribution in [0.4, 0.5) is 4.39 Å². The van der Waals surface area contributed by atoms with Crippen molar-refractivity contribution in [2.24, 2.45) is 0 Å². The molecule has 0 radical (unpaired) electrons. The number of benzene rings is 2. The normalized spacial score (nSPS) is 13.4. The van der Waals surface area contributed by atoms with E-state index in [4.69, 9.17) is 9.84 Å². The van der Waals surface area contributed by atoms with Crippen molar-refractivity contribution >= 4 is 11.8 Å². The Labute approximate surface area is 131 Å². The lowest BCUT2D eigenvalue weighted by Crippen LogP contribution is -2.32. The number of carbonyl (C=O) groups excluding carboxylic acids is 2. The molecule has 0 saturated heterocycles. The molecule has 1 aliphatic rings. The van der Waals surface area contributed by atoms with E-state index in [2.05, 4.69) is 0 Å². The van der Waals surface area contributed by atoms with E-state index in [1.165, 1.54) is 24.3 Å². The van der Waals surface area contributed by atoms with E-state index in [9.17, 15) is 14.0 Å². The fourth-order valence-electron chi connectivity index (χ4n) is 2.41. The van der Waals surface area contributed by atoms with E-state index >= 15 is 0 Å². The van der Waals surface area contributed by atoms with Gasteiger partial charge in [-0.15, -0.1) is 0 Å². The molecule has 0 bridgehead atoms. The number of β-amino-alcohol motifs (C(OH)–C–C–N with tert-alkyl or cyclic N) is 1. The Balaban J connectivity index is 1.76.